The molecule has 1 aromatic carbocycles. The van der Waals surface area contributed by atoms with Crippen LogP contribution in [0.15, 0.2) is 23.1 Å². The maximum absolute atomic E-state index is 12.7. The van der Waals surface area contributed by atoms with Gasteiger partial charge in [0.1, 0.15) is 10.6 Å². The van der Waals surface area contributed by atoms with Crippen LogP contribution in [0, 0.1) is 5.92 Å². The predicted octanol–water partition coefficient (Wildman–Crippen LogP) is 1.76. The molecule has 150 valence electrons. The number of rotatable bonds is 6. The average molecular weight is 398 g/mol. The fraction of sp³-hybridized carbons (Fsp3) is 0.556. The molecule has 0 heterocycles. The highest BCUT2D eigenvalue weighted by Crippen LogP contribution is 2.26. The van der Waals surface area contributed by atoms with E-state index >= 15 is 0 Å². The highest BCUT2D eigenvalue weighted by atomic mass is 32.2. The third kappa shape index (κ3) is 5.20. The Hall–Kier alpha value is -2.13. The molecule has 2 unspecified atom stereocenters. The van der Waals surface area contributed by atoms with Crippen molar-refractivity contribution in [2.45, 2.75) is 49.5 Å². The summed E-state index contributed by atoms with van der Waals surface area (Å²) in [6.45, 7) is 0. The Kier molecular flexibility index (Phi) is 7.20. The molecule has 1 aromatic rings. The topological polar surface area (TPSA) is 122 Å². The number of sulfonamides is 1. The minimum Gasteiger partial charge on any atom is -0.495 e. The predicted molar refractivity (Wildman–Crippen MR) is 99.3 cm³/mol. The van der Waals surface area contributed by atoms with Gasteiger partial charge in [0, 0.05) is 11.6 Å². The Morgan fingerprint density at radius 1 is 1.15 bits per heavy atom. The van der Waals surface area contributed by atoms with Gasteiger partial charge in [0.2, 0.25) is 10.0 Å². The SMILES string of the molecule is CNS(=O)(=O)c1cc(C(=O)NC2CCCCCCC2C(=O)O)ccc1OC. The number of carboxylic acid groups (broad SMARTS) is 1. The molecule has 1 amide bonds. The van der Waals surface area contributed by atoms with E-state index in [1.54, 1.807) is 0 Å². The second kappa shape index (κ2) is 9.18. The van der Waals surface area contributed by atoms with Crippen LogP contribution >= 0.6 is 0 Å². The number of hydrogen-bond donors (Lipinski definition) is 3. The minimum absolute atomic E-state index is 0.121. The first kappa shape index (κ1) is 21.2. The van der Waals surface area contributed by atoms with Gasteiger partial charge < -0.3 is 15.2 Å². The van der Waals surface area contributed by atoms with Gasteiger partial charge in [-0.2, -0.15) is 0 Å². The van der Waals surface area contributed by atoms with E-state index in [0.29, 0.717) is 12.8 Å². The zero-order chi connectivity index (χ0) is 20.0. The Morgan fingerprint density at radius 2 is 1.81 bits per heavy atom. The molecular formula is C18H26N2O6S. The molecule has 1 saturated carbocycles. The van der Waals surface area contributed by atoms with Gasteiger partial charge in [-0.15, -0.1) is 0 Å². The van der Waals surface area contributed by atoms with Crippen LogP contribution in [0.25, 0.3) is 0 Å². The number of hydrogen-bond acceptors (Lipinski definition) is 5. The number of ether oxygens (including phenoxy) is 1. The van der Waals surface area contributed by atoms with Crippen molar-refractivity contribution in [3.63, 3.8) is 0 Å². The van der Waals surface area contributed by atoms with Crippen LogP contribution in [0.4, 0.5) is 0 Å². The van der Waals surface area contributed by atoms with Crippen LogP contribution in [-0.4, -0.2) is 45.6 Å². The number of benzene rings is 1. The molecule has 9 heteroatoms. The largest absolute Gasteiger partial charge is 0.495 e. The zero-order valence-corrected chi connectivity index (χ0v) is 16.3. The van der Waals surface area contributed by atoms with E-state index in [1.807, 2.05) is 0 Å². The summed E-state index contributed by atoms with van der Waals surface area (Å²) in [5.41, 5.74) is 0.135. The van der Waals surface area contributed by atoms with Crippen molar-refractivity contribution in [1.29, 1.82) is 0 Å². The van der Waals surface area contributed by atoms with Gasteiger partial charge in [0.05, 0.1) is 13.0 Å². The van der Waals surface area contributed by atoms with Gasteiger partial charge in [-0.25, -0.2) is 13.1 Å². The van der Waals surface area contributed by atoms with E-state index in [-0.39, 0.29) is 16.2 Å². The minimum atomic E-state index is -3.81. The monoisotopic (exact) mass is 398 g/mol. The van der Waals surface area contributed by atoms with Gasteiger partial charge in [0.15, 0.2) is 0 Å². The zero-order valence-electron chi connectivity index (χ0n) is 15.5. The standard InChI is InChI=1S/C18H26N2O6S/c1-19-27(24,25)16-11-12(9-10-15(16)26-2)17(21)20-14-8-6-4-3-5-7-13(14)18(22)23/h9-11,13-14,19H,3-8H2,1-2H3,(H,20,21)(H,22,23). The van der Waals surface area contributed by atoms with Crippen molar-refractivity contribution < 1.29 is 27.9 Å². The molecule has 8 nitrogen and oxygen atoms in total. The lowest BCUT2D eigenvalue weighted by molar-refractivity contribution is -0.143. The van der Waals surface area contributed by atoms with Gasteiger partial charge in [-0.05, 0) is 38.1 Å². The highest BCUT2D eigenvalue weighted by molar-refractivity contribution is 7.89. The lowest BCUT2D eigenvalue weighted by Gasteiger charge is -2.27. The van der Waals surface area contributed by atoms with Gasteiger partial charge >= 0.3 is 5.97 Å². The molecule has 0 aliphatic heterocycles. The first-order valence-corrected chi connectivity index (χ1v) is 10.4. The summed E-state index contributed by atoms with van der Waals surface area (Å²) in [5.74, 6) is -1.94. The average Bonchev–Trinajstić information content (AvgIpc) is 2.63. The molecule has 0 spiro atoms. The number of aliphatic carboxylic acids is 1. The maximum Gasteiger partial charge on any atom is 0.308 e. The first-order chi connectivity index (χ1) is 12.8. The van der Waals surface area contributed by atoms with Crippen molar-refractivity contribution in [3.8, 4) is 5.75 Å². The second-order valence-electron chi connectivity index (χ2n) is 6.59. The number of amides is 1. The van der Waals surface area contributed by atoms with Crippen molar-refractivity contribution >= 4 is 21.9 Å². The molecule has 0 bridgehead atoms. The van der Waals surface area contributed by atoms with E-state index in [9.17, 15) is 23.1 Å². The Balaban J connectivity index is 2.28. The lowest BCUT2D eigenvalue weighted by atomic mass is 9.86. The third-order valence-electron chi connectivity index (χ3n) is 4.88. The summed E-state index contributed by atoms with van der Waals surface area (Å²) < 4.78 is 31.6. The van der Waals surface area contributed by atoms with Crippen molar-refractivity contribution in [2.75, 3.05) is 14.2 Å². The first-order valence-electron chi connectivity index (χ1n) is 8.95. The van der Waals surface area contributed by atoms with E-state index in [1.165, 1.54) is 32.4 Å². The summed E-state index contributed by atoms with van der Waals surface area (Å²) in [6.07, 6.45) is 4.76. The van der Waals surface area contributed by atoms with Crippen molar-refractivity contribution in [1.82, 2.24) is 10.0 Å². The molecule has 3 N–H and O–H groups in total. The molecule has 0 saturated heterocycles. The molecule has 2 rings (SSSR count). The maximum atomic E-state index is 12.7. The smallest absolute Gasteiger partial charge is 0.308 e. The normalized spacial score (nSPS) is 21.0. The number of methoxy groups -OCH3 is 1. The summed E-state index contributed by atoms with van der Waals surface area (Å²) >= 11 is 0. The van der Waals surface area contributed by atoms with E-state index < -0.39 is 33.9 Å². The fourth-order valence-electron chi connectivity index (χ4n) is 3.34. The van der Waals surface area contributed by atoms with Crippen LogP contribution in [0.5, 0.6) is 5.75 Å². The van der Waals surface area contributed by atoms with Crippen LogP contribution < -0.4 is 14.8 Å². The number of carboxylic acids is 1. The summed E-state index contributed by atoms with van der Waals surface area (Å²) in [4.78, 5) is 24.1. The van der Waals surface area contributed by atoms with E-state index in [4.69, 9.17) is 4.74 Å². The van der Waals surface area contributed by atoms with Gasteiger partial charge in [-0.1, -0.05) is 25.7 Å². The van der Waals surface area contributed by atoms with Crippen LogP contribution in [0.3, 0.4) is 0 Å². The van der Waals surface area contributed by atoms with E-state index in [0.717, 1.165) is 25.7 Å². The number of carbonyl (C=O) groups excluding carboxylic acids is 1. The van der Waals surface area contributed by atoms with Gasteiger partial charge in [0.25, 0.3) is 5.91 Å². The lowest BCUT2D eigenvalue weighted by Crippen LogP contribution is -2.44. The van der Waals surface area contributed by atoms with Crippen LogP contribution in [-0.2, 0) is 14.8 Å². The summed E-state index contributed by atoms with van der Waals surface area (Å²) in [5, 5.41) is 12.3. The third-order valence-corrected chi connectivity index (χ3v) is 6.32. The van der Waals surface area contributed by atoms with Crippen LogP contribution in [0.2, 0.25) is 0 Å². The molecule has 0 aromatic heterocycles. The Morgan fingerprint density at radius 3 is 2.41 bits per heavy atom. The highest BCUT2D eigenvalue weighted by Gasteiger charge is 2.30. The molecule has 1 fully saturated rings. The molecule has 1 aliphatic rings. The molecule has 0 radical (unpaired) electrons. The number of carbonyl (C=O) groups is 2. The summed E-state index contributed by atoms with van der Waals surface area (Å²) in [6, 6.07) is 3.62. The molecule has 27 heavy (non-hydrogen) atoms. The van der Waals surface area contributed by atoms with Gasteiger partial charge in [-0.3, -0.25) is 9.59 Å². The van der Waals surface area contributed by atoms with Crippen molar-refractivity contribution in [3.05, 3.63) is 23.8 Å². The summed E-state index contributed by atoms with van der Waals surface area (Å²) in [7, 11) is -1.20. The van der Waals surface area contributed by atoms with Crippen LogP contribution in [0.1, 0.15) is 48.9 Å². The molecular weight excluding hydrogens is 372 g/mol. The Labute approximate surface area is 159 Å². The molecule has 2 atom stereocenters. The second-order valence-corrected chi connectivity index (χ2v) is 8.44. The van der Waals surface area contributed by atoms with Crippen molar-refractivity contribution in [2.24, 2.45) is 5.92 Å². The number of nitrogens with one attached hydrogen (secondary N) is 2. The van der Waals surface area contributed by atoms with E-state index in [2.05, 4.69) is 10.0 Å². The Bertz CT molecular complexity index is 793. The quantitative estimate of drug-likeness (QED) is 0.671. The molecule has 1 aliphatic carbocycles. The fourth-order valence-corrected chi connectivity index (χ4v) is 4.26.